The normalized spacial score (nSPS) is 10.1. The highest BCUT2D eigenvalue weighted by molar-refractivity contribution is 5.85. The second-order valence-electron chi connectivity index (χ2n) is 3.12. The number of hydrogen-bond donors (Lipinski definition) is 1. The molecule has 1 N–H and O–H groups in total. The summed E-state index contributed by atoms with van der Waals surface area (Å²) in [6.07, 6.45) is 1.68. The van der Waals surface area contributed by atoms with Crippen LogP contribution in [-0.2, 0) is 0 Å². The van der Waals surface area contributed by atoms with Gasteiger partial charge in [0.25, 0.3) is 0 Å². The number of hydrogen-bond acceptors (Lipinski definition) is 4. The first-order valence-corrected chi connectivity index (χ1v) is 4.14. The molecule has 0 radical (unpaired) electrons. The van der Waals surface area contributed by atoms with Crippen LogP contribution in [0.1, 0.15) is 5.82 Å². The molecule has 0 unspecified atom stereocenters. The van der Waals surface area contributed by atoms with Crippen LogP contribution in [-0.4, -0.2) is 29.0 Å². The Morgan fingerprint density at radius 3 is 2.93 bits per heavy atom. The van der Waals surface area contributed by atoms with Gasteiger partial charge in [0.15, 0.2) is 5.65 Å². The van der Waals surface area contributed by atoms with E-state index < -0.39 is 0 Å². The summed E-state index contributed by atoms with van der Waals surface area (Å²) in [6.45, 7) is 0. The van der Waals surface area contributed by atoms with Gasteiger partial charge in [0.05, 0.1) is 5.69 Å². The number of aromatic nitrogens is 3. The van der Waals surface area contributed by atoms with Crippen molar-refractivity contribution in [2.45, 2.75) is 0 Å². The van der Waals surface area contributed by atoms with E-state index in [0.29, 0.717) is 11.5 Å². The minimum Gasteiger partial charge on any atom is -0.376 e. The fraction of sp³-hybridized carbons (Fsp3) is 0.222. The van der Waals surface area contributed by atoms with E-state index in [1.807, 2.05) is 31.1 Å². The fourth-order valence-corrected chi connectivity index (χ4v) is 1.32. The molecular formula is C9H9N5. The summed E-state index contributed by atoms with van der Waals surface area (Å²) in [6, 6.07) is 3.83. The number of anilines is 1. The summed E-state index contributed by atoms with van der Waals surface area (Å²) >= 11 is 0. The predicted octanol–water partition coefficient (Wildman–Crippen LogP) is 0.896. The minimum absolute atomic E-state index is 0.293. The van der Waals surface area contributed by atoms with Crippen molar-refractivity contribution < 1.29 is 0 Å². The highest BCUT2D eigenvalue weighted by Crippen LogP contribution is 2.20. The number of nitrogens with zero attached hydrogens (tertiary/aromatic N) is 4. The standard InChI is InChI=1S/C9H9N5/c1-14(2)6-3-4-11-9-8(6)12-7(5-10)13-9/h3-4H,1-2H3,(H,11,12,13). The molecule has 2 rings (SSSR count). The number of pyridine rings is 1. The van der Waals surface area contributed by atoms with Gasteiger partial charge in [-0.3, -0.25) is 0 Å². The number of aromatic amines is 1. The highest BCUT2D eigenvalue weighted by atomic mass is 15.1. The molecule has 5 heteroatoms. The Morgan fingerprint density at radius 1 is 1.50 bits per heavy atom. The molecular weight excluding hydrogens is 178 g/mol. The molecule has 0 fully saturated rings. The SMILES string of the molecule is CN(C)c1ccnc2nc(C#N)[nH]c12. The zero-order chi connectivity index (χ0) is 10.1. The Bertz CT molecular complexity index is 505. The van der Waals surface area contributed by atoms with Gasteiger partial charge in [-0.15, -0.1) is 0 Å². The lowest BCUT2D eigenvalue weighted by molar-refractivity contribution is 1.13. The Kier molecular flexibility index (Phi) is 1.82. The van der Waals surface area contributed by atoms with Crippen molar-refractivity contribution in [1.29, 1.82) is 5.26 Å². The van der Waals surface area contributed by atoms with Crippen molar-refractivity contribution in [2.24, 2.45) is 0 Å². The Hall–Kier alpha value is -2.09. The zero-order valence-electron chi connectivity index (χ0n) is 7.94. The van der Waals surface area contributed by atoms with Gasteiger partial charge in [0.1, 0.15) is 11.6 Å². The summed E-state index contributed by atoms with van der Waals surface area (Å²) in [5.74, 6) is 0.293. The average molecular weight is 187 g/mol. The summed E-state index contributed by atoms with van der Waals surface area (Å²) in [7, 11) is 3.86. The maximum atomic E-state index is 8.68. The topological polar surface area (TPSA) is 68.6 Å². The van der Waals surface area contributed by atoms with Crippen LogP contribution in [0.25, 0.3) is 11.2 Å². The second-order valence-corrected chi connectivity index (χ2v) is 3.12. The lowest BCUT2D eigenvalue weighted by Gasteiger charge is -2.11. The molecule has 0 aliphatic heterocycles. The molecule has 0 aliphatic carbocycles. The van der Waals surface area contributed by atoms with Gasteiger partial charge in [0.2, 0.25) is 5.82 Å². The molecule has 70 valence electrons. The smallest absolute Gasteiger partial charge is 0.212 e. The Labute approximate surface area is 81.0 Å². The molecule has 0 saturated heterocycles. The van der Waals surface area contributed by atoms with Crippen molar-refractivity contribution in [3.05, 3.63) is 18.1 Å². The Balaban J connectivity index is 2.74. The quantitative estimate of drug-likeness (QED) is 0.720. The largest absolute Gasteiger partial charge is 0.376 e. The van der Waals surface area contributed by atoms with E-state index in [1.54, 1.807) is 6.20 Å². The van der Waals surface area contributed by atoms with E-state index >= 15 is 0 Å². The lowest BCUT2D eigenvalue weighted by atomic mass is 10.3. The molecule has 0 bridgehead atoms. The summed E-state index contributed by atoms with van der Waals surface area (Å²) in [4.78, 5) is 13.0. The molecule has 2 aromatic heterocycles. The third-order valence-electron chi connectivity index (χ3n) is 1.96. The molecule has 0 aliphatic rings. The highest BCUT2D eigenvalue weighted by Gasteiger charge is 2.08. The van der Waals surface area contributed by atoms with Crippen molar-refractivity contribution >= 4 is 16.9 Å². The van der Waals surface area contributed by atoms with Gasteiger partial charge < -0.3 is 9.88 Å². The van der Waals surface area contributed by atoms with Gasteiger partial charge >= 0.3 is 0 Å². The zero-order valence-corrected chi connectivity index (χ0v) is 7.94. The summed E-state index contributed by atoms with van der Waals surface area (Å²) in [5.41, 5.74) is 2.35. The Morgan fingerprint density at radius 2 is 2.29 bits per heavy atom. The number of fused-ring (bicyclic) bond motifs is 1. The maximum Gasteiger partial charge on any atom is 0.212 e. The fourth-order valence-electron chi connectivity index (χ4n) is 1.32. The van der Waals surface area contributed by atoms with Crippen LogP contribution in [0.5, 0.6) is 0 Å². The van der Waals surface area contributed by atoms with Crippen LogP contribution in [0.4, 0.5) is 5.69 Å². The van der Waals surface area contributed by atoms with E-state index in [4.69, 9.17) is 5.26 Å². The molecule has 2 heterocycles. The predicted molar refractivity (Wildman–Crippen MR) is 52.9 cm³/mol. The van der Waals surface area contributed by atoms with Gasteiger partial charge in [0, 0.05) is 20.3 Å². The molecule has 14 heavy (non-hydrogen) atoms. The van der Waals surface area contributed by atoms with E-state index in [9.17, 15) is 0 Å². The first-order chi connectivity index (χ1) is 6.72. The summed E-state index contributed by atoms with van der Waals surface area (Å²) < 4.78 is 0. The van der Waals surface area contributed by atoms with E-state index in [1.165, 1.54) is 0 Å². The summed E-state index contributed by atoms with van der Waals surface area (Å²) in [5, 5.41) is 8.68. The van der Waals surface area contributed by atoms with Gasteiger partial charge in [-0.05, 0) is 6.07 Å². The first kappa shape index (κ1) is 8.51. The van der Waals surface area contributed by atoms with Crippen LogP contribution in [0.15, 0.2) is 12.3 Å². The van der Waals surface area contributed by atoms with Crippen LogP contribution in [0.3, 0.4) is 0 Å². The molecule has 0 amide bonds. The first-order valence-electron chi connectivity index (χ1n) is 4.14. The number of H-pyrrole nitrogens is 1. The van der Waals surface area contributed by atoms with Crippen molar-refractivity contribution in [3.63, 3.8) is 0 Å². The number of nitrogens with one attached hydrogen (secondary N) is 1. The number of imidazole rings is 1. The van der Waals surface area contributed by atoms with Crippen molar-refractivity contribution in [2.75, 3.05) is 19.0 Å². The van der Waals surface area contributed by atoms with E-state index in [-0.39, 0.29) is 0 Å². The van der Waals surface area contributed by atoms with Gasteiger partial charge in [-0.1, -0.05) is 0 Å². The van der Waals surface area contributed by atoms with Gasteiger partial charge in [-0.25, -0.2) is 4.98 Å². The maximum absolute atomic E-state index is 8.68. The average Bonchev–Trinajstić information content (AvgIpc) is 2.59. The van der Waals surface area contributed by atoms with E-state index in [2.05, 4.69) is 15.0 Å². The molecule has 0 atom stereocenters. The lowest BCUT2D eigenvalue weighted by Crippen LogP contribution is -2.09. The second kappa shape index (κ2) is 3.00. The van der Waals surface area contributed by atoms with E-state index in [0.717, 1.165) is 11.2 Å². The van der Waals surface area contributed by atoms with Crippen molar-refractivity contribution in [1.82, 2.24) is 15.0 Å². The van der Waals surface area contributed by atoms with Crippen molar-refractivity contribution in [3.8, 4) is 6.07 Å². The van der Waals surface area contributed by atoms with Crippen LogP contribution in [0.2, 0.25) is 0 Å². The minimum atomic E-state index is 0.293. The molecule has 2 aromatic rings. The third kappa shape index (κ3) is 1.17. The van der Waals surface area contributed by atoms with Gasteiger partial charge in [-0.2, -0.15) is 10.2 Å². The molecule has 0 saturated carbocycles. The third-order valence-corrected chi connectivity index (χ3v) is 1.96. The number of rotatable bonds is 1. The number of nitriles is 1. The van der Waals surface area contributed by atoms with Crippen LogP contribution in [0, 0.1) is 11.3 Å². The monoisotopic (exact) mass is 187 g/mol. The molecule has 0 spiro atoms. The molecule has 5 nitrogen and oxygen atoms in total. The van der Waals surface area contributed by atoms with Crippen LogP contribution >= 0.6 is 0 Å². The molecule has 0 aromatic carbocycles. The van der Waals surface area contributed by atoms with Crippen LogP contribution < -0.4 is 4.90 Å².